The summed E-state index contributed by atoms with van der Waals surface area (Å²) in [7, 11) is 0. The Morgan fingerprint density at radius 2 is 1.95 bits per heavy atom. The van der Waals surface area contributed by atoms with Crippen LogP contribution in [0, 0.1) is 5.82 Å². The molecule has 0 radical (unpaired) electrons. The molecule has 1 amide bonds. The van der Waals surface area contributed by atoms with E-state index in [0.29, 0.717) is 18.7 Å². The van der Waals surface area contributed by atoms with E-state index in [4.69, 9.17) is 0 Å². The first-order valence-electron chi connectivity index (χ1n) is 6.54. The summed E-state index contributed by atoms with van der Waals surface area (Å²) in [6, 6.07) is 7.00. The molecule has 1 aromatic rings. The molecule has 102 valence electrons. The molecule has 1 saturated heterocycles. The van der Waals surface area contributed by atoms with Crippen LogP contribution in [-0.4, -0.2) is 36.0 Å². The molecule has 0 bridgehead atoms. The fourth-order valence-electron chi connectivity index (χ4n) is 2.38. The van der Waals surface area contributed by atoms with Crippen LogP contribution in [-0.2, 0) is 4.79 Å². The normalized spacial score (nSPS) is 23.8. The van der Waals surface area contributed by atoms with Crippen molar-refractivity contribution in [3.8, 4) is 0 Å². The molecule has 1 heterocycles. The van der Waals surface area contributed by atoms with Gasteiger partial charge in [0.2, 0.25) is 5.91 Å². The largest absolute Gasteiger partial charge is 0.336 e. The lowest BCUT2D eigenvalue weighted by Gasteiger charge is -2.35. The van der Waals surface area contributed by atoms with Gasteiger partial charge in [-0.3, -0.25) is 4.79 Å². The molecule has 2 atom stereocenters. The summed E-state index contributed by atoms with van der Waals surface area (Å²) in [4.78, 5) is 13.9. The quantitative estimate of drug-likeness (QED) is 0.827. The van der Waals surface area contributed by atoms with Crippen molar-refractivity contribution in [2.45, 2.75) is 25.9 Å². The predicted molar refractivity (Wildman–Crippen MR) is 74.1 cm³/mol. The number of halogens is 1. The zero-order valence-corrected chi connectivity index (χ0v) is 11.3. The Morgan fingerprint density at radius 1 is 1.32 bits per heavy atom. The van der Waals surface area contributed by atoms with Crippen LogP contribution in [0.2, 0.25) is 0 Å². The highest BCUT2D eigenvalue weighted by Gasteiger charge is 2.23. The minimum absolute atomic E-state index is 0.0662. The molecular weight excluding hydrogens is 243 g/mol. The molecular formula is C15H19FN2O. The van der Waals surface area contributed by atoms with Crippen molar-refractivity contribution in [1.82, 2.24) is 10.2 Å². The Labute approximate surface area is 113 Å². The number of carbonyl (C=O) groups is 1. The summed E-state index contributed by atoms with van der Waals surface area (Å²) in [5.41, 5.74) is 0.437. The number of piperazine rings is 1. The van der Waals surface area contributed by atoms with Gasteiger partial charge in [0.15, 0.2) is 0 Å². The molecule has 0 spiro atoms. The number of nitrogens with zero attached hydrogens (tertiary/aromatic N) is 1. The molecule has 1 aliphatic heterocycles. The van der Waals surface area contributed by atoms with Gasteiger partial charge in [-0.15, -0.1) is 0 Å². The van der Waals surface area contributed by atoms with Crippen molar-refractivity contribution in [3.05, 3.63) is 41.7 Å². The average molecular weight is 262 g/mol. The summed E-state index contributed by atoms with van der Waals surface area (Å²) in [5, 5.41) is 3.37. The standard InChI is InChI=1S/C15H19FN2O/c1-11-9-18(10-12(2)17-11)15(19)8-7-13-5-3-4-6-14(13)16/h3-8,11-12,17H,9-10H2,1-2H3. The predicted octanol–water partition coefficient (Wildman–Crippen LogP) is 2.05. The molecule has 1 fully saturated rings. The maximum absolute atomic E-state index is 13.4. The van der Waals surface area contributed by atoms with Crippen molar-refractivity contribution in [3.63, 3.8) is 0 Å². The second-order valence-electron chi connectivity index (χ2n) is 5.07. The van der Waals surface area contributed by atoms with E-state index in [1.165, 1.54) is 18.2 Å². The van der Waals surface area contributed by atoms with E-state index in [0.717, 1.165) is 0 Å². The van der Waals surface area contributed by atoms with Crippen molar-refractivity contribution in [2.24, 2.45) is 0 Å². The molecule has 2 rings (SSSR count). The second-order valence-corrected chi connectivity index (χ2v) is 5.07. The molecule has 1 aromatic carbocycles. The Morgan fingerprint density at radius 3 is 2.58 bits per heavy atom. The van der Waals surface area contributed by atoms with Crippen LogP contribution in [0.15, 0.2) is 30.3 Å². The Hall–Kier alpha value is -1.68. The highest BCUT2D eigenvalue weighted by molar-refractivity contribution is 5.91. The van der Waals surface area contributed by atoms with Gasteiger partial charge in [0.05, 0.1) is 0 Å². The van der Waals surface area contributed by atoms with Crippen molar-refractivity contribution in [1.29, 1.82) is 0 Å². The highest BCUT2D eigenvalue weighted by Crippen LogP contribution is 2.10. The lowest BCUT2D eigenvalue weighted by Crippen LogP contribution is -2.55. The summed E-state index contributed by atoms with van der Waals surface area (Å²) in [6.07, 6.45) is 2.98. The Bertz CT molecular complexity index is 477. The Balaban J connectivity index is 2.03. The molecule has 3 nitrogen and oxygen atoms in total. The number of hydrogen-bond donors (Lipinski definition) is 1. The topological polar surface area (TPSA) is 32.3 Å². The number of hydrogen-bond acceptors (Lipinski definition) is 2. The first kappa shape index (κ1) is 13.7. The molecule has 2 unspecified atom stereocenters. The molecule has 0 aliphatic carbocycles. The van der Waals surface area contributed by atoms with Crippen molar-refractivity contribution < 1.29 is 9.18 Å². The summed E-state index contributed by atoms with van der Waals surface area (Å²) in [5.74, 6) is -0.378. The number of benzene rings is 1. The van der Waals surface area contributed by atoms with Gasteiger partial charge in [-0.1, -0.05) is 18.2 Å². The SMILES string of the molecule is CC1CN(C(=O)C=Cc2ccccc2F)CC(C)N1. The van der Waals surface area contributed by atoms with Gasteiger partial charge < -0.3 is 10.2 Å². The van der Waals surface area contributed by atoms with Crippen LogP contribution in [0.4, 0.5) is 4.39 Å². The third-order valence-corrected chi connectivity index (χ3v) is 3.18. The van der Waals surface area contributed by atoms with Gasteiger partial charge in [0.1, 0.15) is 5.82 Å². The maximum atomic E-state index is 13.4. The first-order chi connectivity index (χ1) is 9.06. The van der Waals surface area contributed by atoms with Crippen LogP contribution >= 0.6 is 0 Å². The van der Waals surface area contributed by atoms with Crippen LogP contribution in [0.25, 0.3) is 6.08 Å². The fraction of sp³-hybridized carbons (Fsp3) is 0.400. The van der Waals surface area contributed by atoms with Crippen LogP contribution in [0.3, 0.4) is 0 Å². The van der Waals surface area contributed by atoms with Gasteiger partial charge >= 0.3 is 0 Å². The molecule has 1 N–H and O–H groups in total. The number of rotatable bonds is 2. The first-order valence-corrected chi connectivity index (χ1v) is 6.54. The van der Waals surface area contributed by atoms with E-state index in [1.54, 1.807) is 23.1 Å². The van der Waals surface area contributed by atoms with Gasteiger partial charge in [0, 0.05) is 36.8 Å². The zero-order chi connectivity index (χ0) is 13.8. The summed E-state index contributed by atoms with van der Waals surface area (Å²) < 4.78 is 13.4. The smallest absolute Gasteiger partial charge is 0.246 e. The van der Waals surface area contributed by atoms with E-state index < -0.39 is 0 Å². The maximum Gasteiger partial charge on any atom is 0.246 e. The van der Waals surface area contributed by atoms with Crippen LogP contribution < -0.4 is 5.32 Å². The Kier molecular flexibility index (Phi) is 4.32. The van der Waals surface area contributed by atoms with Gasteiger partial charge in [-0.05, 0) is 26.0 Å². The minimum atomic E-state index is -0.311. The van der Waals surface area contributed by atoms with E-state index >= 15 is 0 Å². The van der Waals surface area contributed by atoms with E-state index in [2.05, 4.69) is 19.2 Å². The minimum Gasteiger partial charge on any atom is -0.336 e. The third kappa shape index (κ3) is 3.64. The monoisotopic (exact) mass is 262 g/mol. The number of amides is 1. The zero-order valence-electron chi connectivity index (χ0n) is 11.3. The van der Waals surface area contributed by atoms with Crippen molar-refractivity contribution in [2.75, 3.05) is 13.1 Å². The highest BCUT2D eigenvalue weighted by atomic mass is 19.1. The van der Waals surface area contributed by atoms with Crippen LogP contribution in [0.1, 0.15) is 19.4 Å². The van der Waals surface area contributed by atoms with E-state index in [-0.39, 0.29) is 23.8 Å². The van der Waals surface area contributed by atoms with E-state index in [1.807, 2.05) is 0 Å². The fourth-order valence-corrected chi connectivity index (χ4v) is 2.38. The molecule has 0 saturated carbocycles. The lowest BCUT2D eigenvalue weighted by atomic mass is 10.1. The molecule has 1 aliphatic rings. The summed E-state index contributed by atoms with van der Waals surface area (Å²) >= 11 is 0. The molecule has 0 aromatic heterocycles. The van der Waals surface area contributed by atoms with Gasteiger partial charge in [-0.25, -0.2) is 4.39 Å². The summed E-state index contributed by atoms with van der Waals surface area (Å²) in [6.45, 7) is 5.47. The van der Waals surface area contributed by atoms with Gasteiger partial charge in [-0.2, -0.15) is 0 Å². The lowest BCUT2D eigenvalue weighted by molar-refractivity contribution is -0.127. The molecule has 4 heteroatoms. The number of nitrogens with one attached hydrogen (secondary N) is 1. The molecule has 19 heavy (non-hydrogen) atoms. The second kappa shape index (κ2) is 5.97. The van der Waals surface area contributed by atoms with Gasteiger partial charge in [0.25, 0.3) is 0 Å². The van der Waals surface area contributed by atoms with Crippen LogP contribution in [0.5, 0.6) is 0 Å². The third-order valence-electron chi connectivity index (χ3n) is 3.18. The number of carbonyl (C=O) groups excluding carboxylic acids is 1. The average Bonchev–Trinajstić information content (AvgIpc) is 2.36. The van der Waals surface area contributed by atoms with Crippen molar-refractivity contribution >= 4 is 12.0 Å². The van der Waals surface area contributed by atoms with E-state index in [9.17, 15) is 9.18 Å².